The molecular weight excluding hydrogens is 232 g/mol. The average molecular weight is 258 g/mol. The number of hydrogen-bond donors (Lipinski definition) is 1. The highest BCUT2D eigenvalue weighted by Crippen LogP contribution is 2.25. The van der Waals surface area contributed by atoms with E-state index >= 15 is 0 Å². The van der Waals surface area contributed by atoms with Crippen LogP contribution >= 0.6 is 0 Å². The Kier molecular flexibility index (Phi) is 8.17. The fourth-order valence-electron chi connectivity index (χ4n) is 2.08. The number of aliphatic carboxylic acids is 1. The number of unbranched alkanes of at least 4 members (excludes halogenated alkanes) is 1. The molecule has 17 heavy (non-hydrogen) atoms. The molecular formula is C13H26O3Si. The fraction of sp³-hybridized carbons (Fsp3) is 0.769. The van der Waals surface area contributed by atoms with Gasteiger partial charge in [0.15, 0.2) is 8.32 Å². The molecule has 0 spiro atoms. The summed E-state index contributed by atoms with van der Waals surface area (Å²) in [5.74, 6) is -0.871. The standard InChI is InChI=1S/C13H26O3Si/c1-5-16-17(6-2,7-3)11-9-8-10-12(4)13(14)15/h4-11H2,1-3H3,(H,14,15). The highest BCUT2D eigenvalue weighted by atomic mass is 28.4. The first kappa shape index (κ1) is 16.4. The molecule has 4 heteroatoms. The predicted octanol–water partition coefficient (Wildman–Crippen LogP) is 3.82. The van der Waals surface area contributed by atoms with Crippen molar-refractivity contribution in [3.05, 3.63) is 12.2 Å². The second-order valence-corrected chi connectivity index (χ2v) is 9.01. The summed E-state index contributed by atoms with van der Waals surface area (Å²) in [6, 6.07) is 3.44. The average Bonchev–Trinajstić information content (AvgIpc) is 2.32. The third kappa shape index (κ3) is 6.03. The van der Waals surface area contributed by atoms with Gasteiger partial charge in [0, 0.05) is 12.2 Å². The molecule has 0 aliphatic rings. The third-order valence-electron chi connectivity index (χ3n) is 3.40. The van der Waals surface area contributed by atoms with Gasteiger partial charge < -0.3 is 9.53 Å². The van der Waals surface area contributed by atoms with E-state index in [-0.39, 0.29) is 0 Å². The molecule has 0 amide bonds. The van der Waals surface area contributed by atoms with Crippen molar-refractivity contribution >= 4 is 14.3 Å². The van der Waals surface area contributed by atoms with Crippen molar-refractivity contribution in [1.82, 2.24) is 0 Å². The van der Waals surface area contributed by atoms with Crippen LogP contribution in [0.15, 0.2) is 12.2 Å². The number of rotatable bonds is 10. The second-order valence-electron chi connectivity index (χ2n) is 4.44. The second kappa shape index (κ2) is 8.47. The van der Waals surface area contributed by atoms with E-state index in [4.69, 9.17) is 9.53 Å². The quantitative estimate of drug-likeness (QED) is 0.368. The zero-order chi connectivity index (χ0) is 13.3. The van der Waals surface area contributed by atoms with E-state index in [2.05, 4.69) is 27.4 Å². The van der Waals surface area contributed by atoms with Crippen molar-refractivity contribution < 1.29 is 14.3 Å². The molecule has 0 aromatic rings. The Morgan fingerprint density at radius 1 is 1.24 bits per heavy atom. The molecule has 0 rings (SSSR count). The topological polar surface area (TPSA) is 46.5 Å². The smallest absolute Gasteiger partial charge is 0.330 e. The summed E-state index contributed by atoms with van der Waals surface area (Å²) < 4.78 is 5.98. The maximum Gasteiger partial charge on any atom is 0.330 e. The lowest BCUT2D eigenvalue weighted by Gasteiger charge is -2.28. The summed E-state index contributed by atoms with van der Waals surface area (Å²) in [5.41, 5.74) is 0.321. The molecule has 0 radical (unpaired) electrons. The van der Waals surface area contributed by atoms with Gasteiger partial charge in [-0.3, -0.25) is 0 Å². The minimum absolute atomic E-state index is 0.321. The van der Waals surface area contributed by atoms with E-state index in [1.54, 1.807) is 0 Å². The van der Waals surface area contributed by atoms with Gasteiger partial charge in [-0.1, -0.05) is 26.8 Å². The maximum absolute atomic E-state index is 10.6. The van der Waals surface area contributed by atoms with E-state index in [1.807, 2.05) is 0 Å². The molecule has 0 saturated heterocycles. The van der Waals surface area contributed by atoms with Gasteiger partial charge in [-0.15, -0.1) is 0 Å². The summed E-state index contributed by atoms with van der Waals surface area (Å²) in [6.07, 6.45) is 2.56. The SMILES string of the molecule is C=C(CCCC[Si](CC)(CC)OCC)C(=O)O. The Morgan fingerprint density at radius 2 is 1.82 bits per heavy atom. The summed E-state index contributed by atoms with van der Waals surface area (Å²) in [7, 11) is -1.52. The van der Waals surface area contributed by atoms with E-state index < -0.39 is 14.3 Å². The first-order valence-electron chi connectivity index (χ1n) is 6.56. The van der Waals surface area contributed by atoms with Crippen molar-refractivity contribution in [2.24, 2.45) is 0 Å². The van der Waals surface area contributed by atoms with Crippen molar-refractivity contribution in [3.63, 3.8) is 0 Å². The Balaban J connectivity index is 3.98. The molecule has 0 aliphatic carbocycles. The summed E-state index contributed by atoms with van der Waals surface area (Å²) in [5, 5.41) is 8.70. The first-order chi connectivity index (χ1) is 8.01. The lowest BCUT2D eigenvalue weighted by molar-refractivity contribution is -0.132. The van der Waals surface area contributed by atoms with Gasteiger partial charge in [-0.25, -0.2) is 4.79 Å². The lowest BCUT2D eigenvalue weighted by Crippen LogP contribution is -2.36. The van der Waals surface area contributed by atoms with Crippen molar-refractivity contribution in [2.45, 2.75) is 58.2 Å². The van der Waals surface area contributed by atoms with Crippen LogP contribution in [0.25, 0.3) is 0 Å². The fourth-order valence-corrected chi connectivity index (χ4v) is 5.34. The Labute approximate surface area is 106 Å². The molecule has 0 aliphatic heterocycles. The van der Waals surface area contributed by atoms with Crippen LogP contribution in [-0.4, -0.2) is 26.0 Å². The van der Waals surface area contributed by atoms with Crippen molar-refractivity contribution in [1.29, 1.82) is 0 Å². The van der Waals surface area contributed by atoms with Gasteiger partial charge in [-0.05, 0) is 37.9 Å². The highest BCUT2D eigenvalue weighted by molar-refractivity contribution is 6.73. The van der Waals surface area contributed by atoms with Gasteiger partial charge in [0.1, 0.15) is 0 Å². The van der Waals surface area contributed by atoms with Crippen LogP contribution in [0.5, 0.6) is 0 Å². The van der Waals surface area contributed by atoms with Crippen LogP contribution in [0.1, 0.15) is 40.0 Å². The Morgan fingerprint density at radius 3 is 2.24 bits per heavy atom. The van der Waals surface area contributed by atoms with Crippen molar-refractivity contribution in [3.8, 4) is 0 Å². The monoisotopic (exact) mass is 258 g/mol. The highest BCUT2D eigenvalue weighted by Gasteiger charge is 2.29. The third-order valence-corrected chi connectivity index (χ3v) is 8.15. The number of carbonyl (C=O) groups is 1. The van der Waals surface area contributed by atoms with Crippen LogP contribution in [0.3, 0.4) is 0 Å². The van der Waals surface area contributed by atoms with E-state index in [1.165, 1.54) is 0 Å². The van der Waals surface area contributed by atoms with Crippen LogP contribution in [-0.2, 0) is 9.22 Å². The zero-order valence-corrected chi connectivity index (χ0v) is 12.4. The molecule has 0 aromatic heterocycles. The summed E-state index contributed by atoms with van der Waals surface area (Å²) >= 11 is 0. The molecule has 1 N–H and O–H groups in total. The van der Waals surface area contributed by atoms with E-state index in [0.29, 0.717) is 12.0 Å². The van der Waals surface area contributed by atoms with Crippen LogP contribution in [0, 0.1) is 0 Å². The molecule has 0 unspecified atom stereocenters. The van der Waals surface area contributed by atoms with Crippen molar-refractivity contribution in [2.75, 3.05) is 6.61 Å². The molecule has 0 saturated carbocycles. The van der Waals surface area contributed by atoms with E-state index in [0.717, 1.165) is 37.6 Å². The van der Waals surface area contributed by atoms with Gasteiger partial charge in [-0.2, -0.15) is 0 Å². The van der Waals surface area contributed by atoms with Gasteiger partial charge in [0.05, 0.1) is 0 Å². The molecule has 0 heterocycles. The number of carboxylic acids is 1. The molecule has 0 bridgehead atoms. The lowest BCUT2D eigenvalue weighted by atomic mass is 10.1. The first-order valence-corrected chi connectivity index (χ1v) is 9.09. The minimum atomic E-state index is -1.52. The number of hydrogen-bond acceptors (Lipinski definition) is 2. The normalized spacial score (nSPS) is 11.5. The maximum atomic E-state index is 10.6. The van der Waals surface area contributed by atoms with Gasteiger partial charge in [0.2, 0.25) is 0 Å². The van der Waals surface area contributed by atoms with Crippen LogP contribution in [0.2, 0.25) is 18.1 Å². The predicted molar refractivity (Wildman–Crippen MR) is 73.8 cm³/mol. The minimum Gasteiger partial charge on any atom is -0.478 e. The summed E-state index contributed by atoms with van der Waals surface area (Å²) in [4.78, 5) is 10.6. The number of carboxylic acid groups (broad SMARTS) is 1. The van der Waals surface area contributed by atoms with Crippen LogP contribution < -0.4 is 0 Å². The van der Waals surface area contributed by atoms with Gasteiger partial charge >= 0.3 is 5.97 Å². The van der Waals surface area contributed by atoms with Gasteiger partial charge in [0.25, 0.3) is 0 Å². The Bertz CT molecular complexity index is 247. The summed E-state index contributed by atoms with van der Waals surface area (Å²) in [6.45, 7) is 10.8. The molecule has 0 atom stereocenters. The van der Waals surface area contributed by atoms with E-state index in [9.17, 15) is 4.79 Å². The molecule has 0 aromatic carbocycles. The molecule has 3 nitrogen and oxygen atoms in total. The Hall–Kier alpha value is -0.613. The zero-order valence-electron chi connectivity index (χ0n) is 11.4. The molecule has 100 valence electrons. The molecule has 0 fully saturated rings. The van der Waals surface area contributed by atoms with Crippen LogP contribution in [0.4, 0.5) is 0 Å². The largest absolute Gasteiger partial charge is 0.478 e.